The summed E-state index contributed by atoms with van der Waals surface area (Å²) in [6.45, 7) is 4.04. The van der Waals surface area contributed by atoms with Crippen LogP contribution in [0.15, 0.2) is 12.1 Å². The third-order valence-corrected chi connectivity index (χ3v) is 3.07. The van der Waals surface area contributed by atoms with Crippen LogP contribution in [-0.2, 0) is 0 Å². The van der Waals surface area contributed by atoms with Crippen molar-refractivity contribution in [3.63, 3.8) is 0 Å². The number of anilines is 1. The van der Waals surface area contributed by atoms with Gasteiger partial charge >= 0.3 is 0 Å². The van der Waals surface area contributed by atoms with E-state index in [1.165, 1.54) is 6.07 Å². The van der Waals surface area contributed by atoms with Crippen molar-refractivity contribution >= 4 is 23.3 Å². The van der Waals surface area contributed by atoms with Gasteiger partial charge < -0.3 is 15.7 Å². The van der Waals surface area contributed by atoms with Crippen LogP contribution < -0.4 is 10.6 Å². The highest BCUT2D eigenvalue weighted by atomic mass is 35.5. The van der Waals surface area contributed by atoms with Gasteiger partial charge in [0.1, 0.15) is 11.0 Å². The molecule has 0 saturated heterocycles. The molecule has 6 heteroatoms. The van der Waals surface area contributed by atoms with E-state index in [2.05, 4.69) is 15.6 Å². The maximum absolute atomic E-state index is 12.1. The van der Waals surface area contributed by atoms with Crippen molar-refractivity contribution in [3.05, 3.63) is 22.8 Å². The van der Waals surface area contributed by atoms with Crippen molar-refractivity contribution in [3.8, 4) is 0 Å². The third-order valence-electron chi connectivity index (χ3n) is 2.87. The van der Waals surface area contributed by atoms with E-state index in [0.29, 0.717) is 17.8 Å². The molecule has 0 aliphatic carbocycles. The summed E-state index contributed by atoms with van der Waals surface area (Å²) < 4.78 is 0. The van der Waals surface area contributed by atoms with Crippen molar-refractivity contribution in [2.24, 2.45) is 5.92 Å². The fraction of sp³-hybridized carbons (Fsp3) is 0.538. The third kappa shape index (κ3) is 4.69. The fourth-order valence-electron chi connectivity index (χ4n) is 1.72. The largest absolute Gasteiger partial charge is 0.396 e. The van der Waals surface area contributed by atoms with Crippen molar-refractivity contribution in [1.29, 1.82) is 0 Å². The van der Waals surface area contributed by atoms with Crippen molar-refractivity contribution in [2.45, 2.75) is 26.3 Å². The summed E-state index contributed by atoms with van der Waals surface area (Å²) in [6.07, 6.45) is 0.529. The van der Waals surface area contributed by atoms with Gasteiger partial charge in [-0.05, 0) is 24.5 Å². The molecule has 106 valence electrons. The van der Waals surface area contributed by atoms with Gasteiger partial charge in [0.15, 0.2) is 0 Å². The summed E-state index contributed by atoms with van der Waals surface area (Å²) in [5.74, 6) is 0.575. The van der Waals surface area contributed by atoms with Crippen LogP contribution in [0.2, 0.25) is 5.15 Å². The number of amides is 1. The standard InChI is InChI=1S/C13H20ClN3O2/c1-8(2)10(4-5-18)16-13(19)9-6-11(14)17-12(7-9)15-3/h6-8,10,18H,4-5H2,1-3H3,(H,15,17)(H,16,19). The van der Waals surface area contributed by atoms with Crippen molar-refractivity contribution in [1.82, 2.24) is 10.3 Å². The minimum Gasteiger partial charge on any atom is -0.396 e. The highest BCUT2D eigenvalue weighted by Crippen LogP contribution is 2.15. The maximum atomic E-state index is 12.1. The Morgan fingerprint density at radius 3 is 2.68 bits per heavy atom. The Balaban J connectivity index is 2.84. The molecule has 1 rings (SSSR count). The molecule has 3 N–H and O–H groups in total. The number of rotatable bonds is 6. The van der Waals surface area contributed by atoms with Gasteiger partial charge in [-0.15, -0.1) is 0 Å². The minimum absolute atomic E-state index is 0.0436. The number of aliphatic hydroxyl groups excluding tert-OH is 1. The molecule has 5 nitrogen and oxygen atoms in total. The first-order valence-electron chi connectivity index (χ1n) is 6.25. The summed E-state index contributed by atoms with van der Waals surface area (Å²) >= 11 is 5.86. The number of aliphatic hydroxyl groups is 1. The predicted octanol–water partition coefficient (Wildman–Crippen LogP) is 1.91. The van der Waals surface area contributed by atoms with Gasteiger partial charge in [0.2, 0.25) is 0 Å². The Kier molecular flexibility index (Phi) is 6.05. The number of carbonyl (C=O) groups is 1. The monoisotopic (exact) mass is 285 g/mol. The minimum atomic E-state index is -0.215. The lowest BCUT2D eigenvalue weighted by Crippen LogP contribution is -2.39. The summed E-state index contributed by atoms with van der Waals surface area (Å²) in [4.78, 5) is 16.2. The molecule has 1 aromatic heterocycles. The first kappa shape index (κ1) is 15.7. The second-order valence-corrected chi connectivity index (χ2v) is 5.04. The zero-order valence-corrected chi connectivity index (χ0v) is 12.2. The number of aromatic nitrogens is 1. The maximum Gasteiger partial charge on any atom is 0.251 e. The lowest BCUT2D eigenvalue weighted by Gasteiger charge is -2.21. The van der Waals surface area contributed by atoms with E-state index in [1.807, 2.05) is 13.8 Å². The van der Waals surface area contributed by atoms with Gasteiger partial charge in [0, 0.05) is 25.3 Å². The van der Waals surface area contributed by atoms with Crippen LogP contribution >= 0.6 is 11.6 Å². The van der Waals surface area contributed by atoms with Crippen LogP contribution in [-0.4, -0.2) is 35.7 Å². The van der Waals surface area contributed by atoms with Crippen molar-refractivity contribution < 1.29 is 9.90 Å². The lowest BCUT2D eigenvalue weighted by atomic mass is 10.0. The van der Waals surface area contributed by atoms with Gasteiger partial charge in [0.05, 0.1) is 0 Å². The quantitative estimate of drug-likeness (QED) is 0.698. The molecule has 1 heterocycles. The molecule has 0 fully saturated rings. The molecule has 0 spiro atoms. The van der Waals surface area contributed by atoms with Crippen LogP contribution in [0.1, 0.15) is 30.6 Å². The van der Waals surface area contributed by atoms with E-state index in [-0.39, 0.29) is 29.6 Å². The normalized spacial score (nSPS) is 12.3. The zero-order valence-electron chi connectivity index (χ0n) is 11.4. The van der Waals surface area contributed by atoms with Gasteiger partial charge in [-0.2, -0.15) is 0 Å². The molecule has 0 saturated carbocycles. The second kappa shape index (κ2) is 7.31. The predicted molar refractivity (Wildman–Crippen MR) is 76.6 cm³/mol. The van der Waals surface area contributed by atoms with Gasteiger partial charge in [-0.3, -0.25) is 4.79 Å². The first-order chi connectivity index (χ1) is 8.97. The molecule has 0 aliphatic rings. The van der Waals surface area contributed by atoms with Gasteiger partial charge in [0.25, 0.3) is 5.91 Å². The SMILES string of the molecule is CNc1cc(C(=O)NC(CCO)C(C)C)cc(Cl)n1. The second-order valence-electron chi connectivity index (χ2n) is 4.65. The number of nitrogens with zero attached hydrogens (tertiary/aromatic N) is 1. The summed E-state index contributed by atoms with van der Waals surface area (Å²) in [5, 5.41) is 15.0. The number of hydrogen-bond acceptors (Lipinski definition) is 4. The van der Waals surface area contributed by atoms with Crippen LogP contribution in [0.5, 0.6) is 0 Å². The average molecular weight is 286 g/mol. The van der Waals surface area contributed by atoms with E-state index in [0.717, 1.165) is 0 Å². The number of nitrogens with one attached hydrogen (secondary N) is 2. The molecule has 0 aliphatic heterocycles. The molecule has 1 amide bonds. The Morgan fingerprint density at radius 2 is 2.16 bits per heavy atom. The van der Waals surface area contributed by atoms with Crippen LogP contribution in [0.4, 0.5) is 5.82 Å². The van der Waals surface area contributed by atoms with Crippen LogP contribution in [0, 0.1) is 5.92 Å². The average Bonchev–Trinajstić information content (AvgIpc) is 2.37. The smallest absolute Gasteiger partial charge is 0.251 e. The topological polar surface area (TPSA) is 74.2 Å². The van der Waals surface area contributed by atoms with Gasteiger partial charge in [-0.25, -0.2) is 4.98 Å². The fourth-order valence-corrected chi connectivity index (χ4v) is 1.93. The molecular weight excluding hydrogens is 266 g/mol. The number of pyridine rings is 1. The summed E-state index contributed by atoms with van der Waals surface area (Å²) in [6, 6.07) is 3.09. The van der Waals surface area contributed by atoms with Crippen LogP contribution in [0.25, 0.3) is 0 Å². The Morgan fingerprint density at radius 1 is 1.47 bits per heavy atom. The molecule has 19 heavy (non-hydrogen) atoms. The van der Waals surface area contributed by atoms with E-state index in [9.17, 15) is 4.79 Å². The summed E-state index contributed by atoms with van der Waals surface area (Å²) in [5.41, 5.74) is 0.452. The van der Waals surface area contributed by atoms with Crippen molar-refractivity contribution in [2.75, 3.05) is 19.0 Å². The Hall–Kier alpha value is -1.33. The molecule has 0 radical (unpaired) electrons. The molecule has 0 bridgehead atoms. The molecule has 0 aromatic carbocycles. The highest BCUT2D eigenvalue weighted by molar-refractivity contribution is 6.29. The zero-order chi connectivity index (χ0) is 14.4. The Labute approximate surface area is 118 Å². The van der Waals surface area contributed by atoms with Gasteiger partial charge in [-0.1, -0.05) is 25.4 Å². The van der Waals surface area contributed by atoms with E-state index in [1.54, 1.807) is 13.1 Å². The first-order valence-corrected chi connectivity index (χ1v) is 6.62. The molecule has 1 aromatic rings. The van der Waals surface area contributed by atoms with E-state index < -0.39 is 0 Å². The number of carbonyl (C=O) groups excluding carboxylic acids is 1. The van der Waals surface area contributed by atoms with E-state index >= 15 is 0 Å². The Bertz CT molecular complexity index is 438. The lowest BCUT2D eigenvalue weighted by molar-refractivity contribution is 0.0916. The number of hydrogen-bond donors (Lipinski definition) is 3. The molecular formula is C13H20ClN3O2. The molecule has 1 unspecified atom stereocenters. The molecule has 1 atom stereocenters. The van der Waals surface area contributed by atoms with Crippen LogP contribution in [0.3, 0.4) is 0 Å². The number of halogens is 1. The highest BCUT2D eigenvalue weighted by Gasteiger charge is 2.17. The van der Waals surface area contributed by atoms with E-state index in [4.69, 9.17) is 16.7 Å². The summed E-state index contributed by atoms with van der Waals surface area (Å²) in [7, 11) is 1.71.